The Labute approximate surface area is 96.1 Å². The minimum absolute atomic E-state index is 0.214. The smallest absolute Gasteiger partial charge is 0.329 e. The van der Waals surface area contributed by atoms with Crippen LogP contribution in [-0.4, -0.2) is 42.1 Å². The molecule has 1 fully saturated rings. The minimum atomic E-state index is -0.506. The molecule has 0 unspecified atom stereocenters. The number of urea groups is 1. The van der Waals surface area contributed by atoms with Crippen molar-refractivity contribution >= 4 is 12.0 Å². The van der Waals surface area contributed by atoms with Crippen LogP contribution in [0.5, 0.6) is 0 Å². The van der Waals surface area contributed by atoms with Gasteiger partial charge in [0.05, 0.1) is 0 Å². The molecule has 92 valence electrons. The van der Waals surface area contributed by atoms with Crippen LogP contribution in [0.15, 0.2) is 0 Å². The molecule has 0 bridgehead atoms. The zero-order valence-electron chi connectivity index (χ0n) is 10.4. The molecule has 0 radical (unpaired) electrons. The van der Waals surface area contributed by atoms with E-state index in [4.69, 9.17) is 4.74 Å². The van der Waals surface area contributed by atoms with Gasteiger partial charge in [-0.25, -0.2) is 9.59 Å². The topological polar surface area (TPSA) is 58.6 Å². The predicted molar refractivity (Wildman–Crippen MR) is 60.0 cm³/mol. The van der Waals surface area contributed by atoms with Gasteiger partial charge < -0.3 is 15.0 Å². The van der Waals surface area contributed by atoms with E-state index in [1.807, 2.05) is 20.8 Å². The lowest BCUT2D eigenvalue weighted by atomic mass is 10.1. The molecule has 1 aliphatic rings. The predicted octanol–water partition coefficient (Wildman–Crippen LogP) is 1.13. The lowest BCUT2D eigenvalue weighted by molar-refractivity contribution is -0.159. The molecule has 1 N–H and O–H groups in total. The molecule has 5 heteroatoms. The molecule has 0 aromatic carbocycles. The summed E-state index contributed by atoms with van der Waals surface area (Å²) >= 11 is 0. The van der Waals surface area contributed by atoms with Crippen molar-refractivity contribution in [2.75, 3.05) is 13.6 Å². The number of carbonyl (C=O) groups excluding carboxylic acids is 2. The van der Waals surface area contributed by atoms with Crippen LogP contribution in [0.4, 0.5) is 4.79 Å². The Hall–Kier alpha value is -1.26. The van der Waals surface area contributed by atoms with Crippen LogP contribution in [0.25, 0.3) is 0 Å². The van der Waals surface area contributed by atoms with E-state index in [-0.39, 0.29) is 12.0 Å². The van der Waals surface area contributed by atoms with Crippen molar-refractivity contribution in [3.05, 3.63) is 0 Å². The van der Waals surface area contributed by atoms with Gasteiger partial charge in [-0.2, -0.15) is 0 Å². The molecular weight excluding hydrogens is 208 g/mol. The third kappa shape index (κ3) is 3.12. The molecule has 1 heterocycles. The Bertz CT molecular complexity index is 283. The quantitative estimate of drug-likeness (QED) is 0.684. The number of hydrogen-bond acceptors (Lipinski definition) is 3. The lowest BCUT2D eigenvalue weighted by Gasteiger charge is -2.27. The van der Waals surface area contributed by atoms with Gasteiger partial charge in [0.15, 0.2) is 0 Å². The van der Waals surface area contributed by atoms with Gasteiger partial charge in [-0.3, -0.25) is 0 Å². The summed E-state index contributed by atoms with van der Waals surface area (Å²) in [7, 11) is 1.56. The Kier molecular flexibility index (Phi) is 3.78. The molecule has 1 atom stereocenters. The van der Waals surface area contributed by atoms with Gasteiger partial charge in [-0.15, -0.1) is 0 Å². The van der Waals surface area contributed by atoms with Crippen molar-refractivity contribution in [2.45, 2.75) is 45.3 Å². The monoisotopic (exact) mass is 228 g/mol. The molecule has 5 nitrogen and oxygen atoms in total. The highest BCUT2D eigenvalue weighted by Gasteiger charge is 2.36. The van der Waals surface area contributed by atoms with E-state index in [9.17, 15) is 9.59 Å². The Morgan fingerprint density at radius 3 is 2.50 bits per heavy atom. The highest BCUT2D eigenvalue weighted by Crippen LogP contribution is 2.20. The number of likely N-dealkylation sites (tertiary alicyclic amines) is 1. The second-order valence-corrected chi connectivity index (χ2v) is 4.94. The maximum Gasteiger partial charge on any atom is 0.329 e. The van der Waals surface area contributed by atoms with Crippen molar-refractivity contribution in [3.8, 4) is 0 Å². The number of ether oxygens (including phenoxy) is 1. The molecule has 1 aliphatic heterocycles. The molecular formula is C11H20N2O3. The van der Waals surface area contributed by atoms with Crippen molar-refractivity contribution in [3.63, 3.8) is 0 Å². The van der Waals surface area contributed by atoms with Gasteiger partial charge >= 0.3 is 12.0 Å². The van der Waals surface area contributed by atoms with Gasteiger partial charge in [-0.1, -0.05) is 0 Å². The summed E-state index contributed by atoms with van der Waals surface area (Å²) in [5, 5.41) is 2.53. The molecule has 16 heavy (non-hydrogen) atoms. The zero-order valence-corrected chi connectivity index (χ0v) is 10.4. The molecule has 0 aromatic rings. The summed E-state index contributed by atoms with van der Waals surface area (Å²) in [5.74, 6) is -0.311. The molecule has 0 aromatic heterocycles. The van der Waals surface area contributed by atoms with Gasteiger partial charge in [0.2, 0.25) is 0 Å². The summed E-state index contributed by atoms with van der Waals surface area (Å²) in [6, 6.07) is -0.646. The molecule has 0 spiro atoms. The molecule has 2 amide bonds. The number of hydrogen-bond donors (Lipinski definition) is 1. The number of nitrogens with one attached hydrogen (secondary N) is 1. The van der Waals surface area contributed by atoms with E-state index < -0.39 is 11.6 Å². The highest BCUT2D eigenvalue weighted by atomic mass is 16.6. The maximum atomic E-state index is 11.8. The highest BCUT2D eigenvalue weighted by molar-refractivity contribution is 5.84. The summed E-state index contributed by atoms with van der Waals surface area (Å²) in [5.41, 5.74) is -0.506. The fourth-order valence-electron chi connectivity index (χ4n) is 1.77. The SMILES string of the molecule is CNC(=O)N1CCC[C@@H]1C(=O)OC(C)(C)C. The zero-order chi connectivity index (χ0) is 12.3. The van der Waals surface area contributed by atoms with Crippen LogP contribution >= 0.6 is 0 Å². The van der Waals surface area contributed by atoms with E-state index in [0.717, 1.165) is 6.42 Å². The Balaban J connectivity index is 2.65. The van der Waals surface area contributed by atoms with Crippen LogP contribution in [0.3, 0.4) is 0 Å². The Morgan fingerprint density at radius 2 is 2.00 bits per heavy atom. The van der Waals surface area contributed by atoms with Gasteiger partial charge in [0.25, 0.3) is 0 Å². The largest absolute Gasteiger partial charge is 0.458 e. The van der Waals surface area contributed by atoms with Crippen molar-refractivity contribution < 1.29 is 14.3 Å². The normalized spacial score (nSPS) is 20.8. The van der Waals surface area contributed by atoms with Crippen LogP contribution in [0, 0.1) is 0 Å². The van der Waals surface area contributed by atoms with Crippen molar-refractivity contribution in [2.24, 2.45) is 0 Å². The van der Waals surface area contributed by atoms with Crippen LogP contribution in [0.2, 0.25) is 0 Å². The van der Waals surface area contributed by atoms with Crippen LogP contribution in [-0.2, 0) is 9.53 Å². The summed E-state index contributed by atoms with van der Waals surface area (Å²) < 4.78 is 5.29. The van der Waals surface area contributed by atoms with E-state index in [2.05, 4.69) is 5.32 Å². The molecule has 0 aliphatic carbocycles. The first-order chi connectivity index (χ1) is 7.35. The number of carbonyl (C=O) groups is 2. The number of amides is 2. The van der Waals surface area contributed by atoms with Crippen molar-refractivity contribution in [1.29, 1.82) is 0 Å². The average Bonchev–Trinajstić information content (AvgIpc) is 2.62. The fourth-order valence-corrected chi connectivity index (χ4v) is 1.77. The van der Waals surface area contributed by atoms with E-state index in [0.29, 0.717) is 13.0 Å². The first-order valence-corrected chi connectivity index (χ1v) is 5.56. The van der Waals surface area contributed by atoms with E-state index in [1.54, 1.807) is 7.05 Å². The molecule has 0 saturated carbocycles. The first kappa shape index (κ1) is 12.8. The second kappa shape index (κ2) is 4.72. The number of rotatable bonds is 1. The van der Waals surface area contributed by atoms with Crippen molar-refractivity contribution in [1.82, 2.24) is 10.2 Å². The lowest BCUT2D eigenvalue weighted by Crippen LogP contribution is -2.46. The van der Waals surface area contributed by atoms with Crippen LogP contribution in [0.1, 0.15) is 33.6 Å². The standard InChI is InChI=1S/C11H20N2O3/c1-11(2,3)16-9(14)8-6-5-7-13(8)10(15)12-4/h8H,5-7H2,1-4H3,(H,12,15)/t8-/m1/s1. The minimum Gasteiger partial charge on any atom is -0.458 e. The summed E-state index contributed by atoms with van der Waals surface area (Å²) in [6.45, 7) is 6.09. The first-order valence-electron chi connectivity index (χ1n) is 5.56. The third-order valence-electron chi connectivity index (χ3n) is 2.41. The second-order valence-electron chi connectivity index (χ2n) is 4.94. The maximum absolute atomic E-state index is 11.8. The third-order valence-corrected chi connectivity index (χ3v) is 2.41. The number of esters is 1. The molecule has 1 rings (SSSR count). The van der Waals surface area contributed by atoms with E-state index >= 15 is 0 Å². The molecule has 1 saturated heterocycles. The van der Waals surface area contributed by atoms with Gasteiger partial charge in [0.1, 0.15) is 11.6 Å². The fraction of sp³-hybridized carbons (Fsp3) is 0.818. The Morgan fingerprint density at radius 1 is 1.38 bits per heavy atom. The average molecular weight is 228 g/mol. The summed E-state index contributed by atoms with van der Waals surface area (Å²) in [4.78, 5) is 24.9. The summed E-state index contributed by atoms with van der Waals surface area (Å²) in [6.07, 6.45) is 1.53. The number of nitrogens with zero attached hydrogens (tertiary/aromatic N) is 1. The van der Waals surface area contributed by atoms with E-state index in [1.165, 1.54) is 4.90 Å². The van der Waals surface area contributed by atoms with Crippen LogP contribution < -0.4 is 5.32 Å². The van der Waals surface area contributed by atoms with Gasteiger partial charge in [0, 0.05) is 13.6 Å². The van der Waals surface area contributed by atoms with Gasteiger partial charge in [-0.05, 0) is 33.6 Å².